The smallest absolute Gasteiger partial charge is 0.319 e. The lowest BCUT2D eigenvalue weighted by atomic mass is 10.2. The monoisotopic (exact) mass is 301 g/mol. The number of nitrogens with two attached hydrogens (primary N) is 1. The summed E-state index contributed by atoms with van der Waals surface area (Å²) < 4.78 is 27.5. The number of urea groups is 1. The molecule has 0 heterocycles. The Morgan fingerprint density at radius 3 is 2.65 bits per heavy atom. The predicted molar refractivity (Wildman–Crippen MR) is 76.0 cm³/mol. The first kappa shape index (κ1) is 16.4. The second kappa shape index (κ2) is 6.69. The third kappa shape index (κ3) is 4.80. The second-order valence-electron chi connectivity index (χ2n) is 4.48. The Balaban J connectivity index is 2.84. The van der Waals surface area contributed by atoms with Crippen LogP contribution >= 0.6 is 0 Å². The molecule has 0 aliphatic rings. The van der Waals surface area contributed by atoms with Gasteiger partial charge in [-0.1, -0.05) is 6.07 Å². The van der Waals surface area contributed by atoms with Crippen LogP contribution in [0, 0.1) is 6.92 Å². The number of methoxy groups -OCH3 is 1. The van der Waals surface area contributed by atoms with E-state index >= 15 is 0 Å². The van der Waals surface area contributed by atoms with Crippen LogP contribution in [0.1, 0.15) is 12.5 Å². The van der Waals surface area contributed by atoms with Crippen LogP contribution in [0.5, 0.6) is 0 Å². The van der Waals surface area contributed by atoms with Crippen LogP contribution in [0.2, 0.25) is 0 Å². The van der Waals surface area contributed by atoms with E-state index < -0.39 is 16.1 Å². The molecule has 1 atom stereocenters. The van der Waals surface area contributed by atoms with Crippen molar-refractivity contribution in [3.8, 4) is 0 Å². The van der Waals surface area contributed by atoms with Crippen molar-refractivity contribution in [2.45, 2.75) is 24.8 Å². The maximum atomic E-state index is 11.8. The molecule has 7 nitrogen and oxygen atoms in total. The molecule has 4 N–H and O–H groups in total. The molecule has 1 aromatic rings. The van der Waals surface area contributed by atoms with E-state index in [0.717, 1.165) is 5.56 Å². The number of carbonyl (C=O) groups is 1. The van der Waals surface area contributed by atoms with E-state index in [2.05, 4.69) is 10.6 Å². The van der Waals surface area contributed by atoms with Gasteiger partial charge in [0.15, 0.2) is 0 Å². The fourth-order valence-electron chi connectivity index (χ4n) is 1.59. The van der Waals surface area contributed by atoms with Crippen LogP contribution in [-0.4, -0.2) is 34.2 Å². The lowest BCUT2D eigenvalue weighted by molar-refractivity contribution is 0.173. The summed E-state index contributed by atoms with van der Waals surface area (Å²) in [5.74, 6) is 0. The van der Waals surface area contributed by atoms with Crippen molar-refractivity contribution in [2.24, 2.45) is 5.14 Å². The Labute approximate surface area is 118 Å². The lowest BCUT2D eigenvalue weighted by Gasteiger charge is -2.15. The van der Waals surface area contributed by atoms with Gasteiger partial charge < -0.3 is 15.4 Å². The lowest BCUT2D eigenvalue weighted by Crippen LogP contribution is -2.38. The van der Waals surface area contributed by atoms with Crippen molar-refractivity contribution < 1.29 is 17.9 Å². The average Bonchev–Trinajstić information content (AvgIpc) is 2.30. The highest BCUT2D eigenvalue weighted by Crippen LogP contribution is 2.19. The minimum atomic E-state index is -3.80. The van der Waals surface area contributed by atoms with Gasteiger partial charge in [-0.2, -0.15) is 0 Å². The number of primary sulfonamides is 1. The number of ether oxygens (including phenoxy) is 1. The SMILES string of the molecule is COC[C@H](C)NC(=O)Nc1cc(S(N)(=O)=O)ccc1C. The fraction of sp³-hybridized carbons (Fsp3) is 0.417. The molecule has 0 aromatic heterocycles. The topological polar surface area (TPSA) is 111 Å². The number of hydrogen-bond donors (Lipinski definition) is 3. The van der Waals surface area contributed by atoms with Crippen molar-refractivity contribution >= 4 is 21.7 Å². The van der Waals surface area contributed by atoms with E-state index in [0.29, 0.717) is 12.3 Å². The number of aryl methyl sites for hydroxylation is 1. The molecule has 1 aromatic carbocycles. The largest absolute Gasteiger partial charge is 0.383 e. The molecular weight excluding hydrogens is 282 g/mol. The third-order valence-corrected chi connectivity index (χ3v) is 3.49. The summed E-state index contributed by atoms with van der Waals surface area (Å²) in [4.78, 5) is 11.7. The molecule has 0 unspecified atom stereocenters. The molecule has 8 heteroatoms. The van der Waals surface area contributed by atoms with E-state index in [9.17, 15) is 13.2 Å². The average molecular weight is 301 g/mol. The van der Waals surface area contributed by atoms with Crippen molar-refractivity contribution in [1.29, 1.82) is 0 Å². The van der Waals surface area contributed by atoms with E-state index in [-0.39, 0.29) is 10.9 Å². The summed E-state index contributed by atoms with van der Waals surface area (Å²) in [6.07, 6.45) is 0. The maximum absolute atomic E-state index is 11.8. The van der Waals surface area contributed by atoms with Crippen molar-refractivity contribution in [3.63, 3.8) is 0 Å². The Morgan fingerprint density at radius 1 is 1.45 bits per heavy atom. The number of hydrogen-bond acceptors (Lipinski definition) is 4. The van der Waals surface area contributed by atoms with Crippen LogP contribution in [0.25, 0.3) is 0 Å². The summed E-state index contributed by atoms with van der Waals surface area (Å²) in [5, 5.41) is 10.3. The number of anilines is 1. The Hall–Kier alpha value is -1.64. The highest BCUT2D eigenvalue weighted by atomic mass is 32.2. The highest BCUT2D eigenvalue weighted by molar-refractivity contribution is 7.89. The Morgan fingerprint density at radius 2 is 2.10 bits per heavy atom. The Bertz CT molecular complexity index is 586. The van der Waals surface area contributed by atoms with E-state index in [1.807, 2.05) is 0 Å². The van der Waals surface area contributed by atoms with E-state index in [4.69, 9.17) is 9.88 Å². The molecule has 112 valence electrons. The first-order valence-electron chi connectivity index (χ1n) is 5.94. The molecule has 0 fully saturated rings. The molecular formula is C12H19N3O4S. The molecule has 0 radical (unpaired) electrons. The van der Waals surface area contributed by atoms with Gasteiger partial charge in [-0.3, -0.25) is 0 Å². The maximum Gasteiger partial charge on any atom is 0.319 e. The van der Waals surface area contributed by atoms with Gasteiger partial charge in [0.25, 0.3) is 0 Å². The molecule has 0 aliphatic carbocycles. The van der Waals surface area contributed by atoms with Gasteiger partial charge in [0, 0.05) is 12.8 Å². The molecule has 20 heavy (non-hydrogen) atoms. The summed E-state index contributed by atoms with van der Waals surface area (Å²) in [5.41, 5.74) is 1.12. The number of nitrogens with one attached hydrogen (secondary N) is 2. The van der Waals surface area contributed by atoms with Crippen molar-refractivity contribution in [2.75, 3.05) is 19.0 Å². The molecule has 0 saturated carbocycles. The van der Waals surface area contributed by atoms with E-state index in [1.54, 1.807) is 19.9 Å². The molecule has 0 spiro atoms. The van der Waals surface area contributed by atoms with Crippen LogP contribution in [0.3, 0.4) is 0 Å². The number of rotatable bonds is 5. The van der Waals surface area contributed by atoms with Crippen molar-refractivity contribution in [1.82, 2.24) is 5.32 Å². The minimum absolute atomic E-state index is 0.0525. The van der Waals surface area contributed by atoms with Crippen LogP contribution in [0.15, 0.2) is 23.1 Å². The molecule has 0 saturated heterocycles. The first-order valence-corrected chi connectivity index (χ1v) is 7.48. The van der Waals surface area contributed by atoms with Gasteiger partial charge in [-0.25, -0.2) is 18.4 Å². The number of sulfonamides is 1. The van der Waals surface area contributed by atoms with Crippen molar-refractivity contribution in [3.05, 3.63) is 23.8 Å². The van der Waals surface area contributed by atoms with E-state index in [1.165, 1.54) is 19.2 Å². The summed E-state index contributed by atoms with van der Waals surface area (Å²) in [7, 11) is -2.26. The van der Waals surface area contributed by atoms with Gasteiger partial charge >= 0.3 is 6.03 Å². The normalized spacial score (nSPS) is 12.8. The molecule has 0 bridgehead atoms. The second-order valence-corrected chi connectivity index (χ2v) is 6.04. The van der Waals surface area contributed by atoms with Crippen LogP contribution in [0.4, 0.5) is 10.5 Å². The van der Waals surface area contributed by atoms with Crippen LogP contribution in [-0.2, 0) is 14.8 Å². The van der Waals surface area contributed by atoms with Gasteiger partial charge in [0.1, 0.15) is 0 Å². The number of amides is 2. The van der Waals surface area contributed by atoms with Gasteiger partial charge in [0.2, 0.25) is 10.0 Å². The first-order chi connectivity index (χ1) is 9.24. The summed E-state index contributed by atoms with van der Waals surface area (Å²) in [6, 6.07) is 3.69. The minimum Gasteiger partial charge on any atom is -0.383 e. The standard InChI is InChI=1S/C12H19N3O4S/c1-8-4-5-10(20(13,17)18)6-11(8)15-12(16)14-9(2)7-19-3/h4-6,9H,7H2,1-3H3,(H2,13,17,18)(H2,14,15,16)/t9-/m0/s1. The zero-order chi connectivity index (χ0) is 15.3. The highest BCUT2D eigenvalue weighted by Gasteiger charge is 2.12. The van der Waals surface area contributed by atoms with Gasteiger partial charge in [0.05, 0.1) is 17.5 Å². The zero-order valence-electron chi connectivity index (χ0n) is 11.6. The van der Waals surface area contributed by atoms with Crippen LogP contribution < -0.4 is 15.8 Å². The number of carbonyl (C=O) groups excluding carboxylic acids is 1. The molecule has 0 aliphatic heterocycles. The summed E-state index contributed by atoms with van der Waals surface area (Å²) in [6.45, 7) is 3.92. The molecule has 2 amide bonds. The number of benzene rings is 1. The fourth-order valence-corrected chi connectivity index (χ4v) is 2.13. The zero-order valence-corrected chi connectivity index (χ0v) is 12.5. The Kier molecular flexibility index (Phi) is 5.49. The van der Waals surface area contributed by atoms with Gasteiger partial charge in [-0.05, 0) is 31.5 Å². The quantitative estimate of drug-likeness (QED) is 0.747. The summed E-state index contributed by atoms with van der Waals surface area (Å²) >= 11 is 0. The third-order valence-electron chi connectivity index (χ3n) is 2.58. The predicted octanol–water partition coefficient (Wildman–Crippen LogP) is 0.799. The van der Waals surface area contributed by atoms with Gasteiger partial charge in [-0.15, -0.1) is 0 Å². The molecule has 1 rings (SSSR count).